The zero-order valence-electron chi connectivity index (χ0n) is 26.5. The van der Waals surface area contributed by atoms with Gasteiger partial charge in [-0.05, 0) is 37.8 Å². The lowest BCUT2D eigenvalue weighted by Gasteiger charge is -2.29. The number of anilines is 1. The van der Waals surface area contributed by atoms with Crippen molar-refractivity contribution in [3.8, 4) is 6.07 Å². The van der Waals surface area contributed by atoms with E-state index in [4.69, 9.17) is 33.9 Å². The predicted molar refractivity (Wildman–Crippen MR) is 161 cm³/mol. The highest BCUT2D eigenvalue weighted by molar-refractivity contribution is 7.36. The van der Waals surface area contributed by atoms with Gasteiger partial charge in [-0.25, -0.2) is 14.6 Å². The summed E-state index contributed by atoms with van der Waals surface area (Å²) in [5, 5.41) is 17.3. The third kappa shape index (κ3) is 8.02. The monoisotopic (exact) mass is 664 g/mol. The zero-order valence-corrected chi connectivity index (χ0v) is 27.5. The van der Waals surface area contributed by atoms with Crippen molar-refractivity contribution in [1.29, 1.82) is 5.26 Å². The van der Waals surface area contributed by atoms with Gasteiger partial charge in [-0.2, -0.15) is 10.4 Å². The first-order valence-corrected chi connectivity index (χ1v) is 16.4. The van der Waals surface area contributed by atoms with Crippen LogP contribution < -0.4 is 10.8 Å². The number of fused-ring (bicyclic) bond motifs is 1. The quantitative estimate of drug-likeness (QED) is 0.178. The van der Waals surface area contributed by atoms with E-state index in [2.05, 4.69) is 15.2 Å². The van der Waals surface area contributed by atoms with E-state index >= 15 is 0 Å². The second kappa shape index (κ2) is 15.3. The summed E-state index contributed by atoms with van der Waals surface area (Å²) in [7, 11) is -3.18. The van der Waals surface area contributed by atoms with Crippen LogP contribution in [-0.4, -0.2) is 82.8 Å². The number of hydrogen-bond donors (Lipinski definition) is 2. The van der Waals surface area contributed by atoms with Crippen LogP contribution in [0.4, 0.5) is 5.82 Å². The fourth-order valence-electron chi connectivity index (χ4n) is 4.95. The number of rotatable bonds is 13. The summed E-state index contributed by atoms with van der Waals surface area (Å²) in [6, 6.07) is 4.25. The molecule has 1 unspecified atom stereocenters. The van der Waals surface area contributed by atoms with E-state index < -0.39 is 74.5 Å². The number of ether oxygens (including phenoxy) is 5. The minimum absolute atomic E-state index is 0.165. The van der Waals surface area contributed by atoms with Crippen LogP contribution in [0.5, 0.6) is 0 Å². The third-order valence-electron chi connectivity index (χ3n) is 7.73. The van der Waals surface area contributed by atoms with Gasteiger partial charge in [0.15, 0.2) is 18.0 Å². The van der Waals surface area contributed by atoms with E-state index in [0.29, 0.717) is 24.4 Å². The molecule has 16 nitrogen and oxygen atoms in total. The molecule has 6 atom stereocenters. The molecule has 0 radical (unpaired) electrons. The van der Waals surface area contributed by atoms with Gasteiger partial charge in [0.1, 0.15) is 36.7 Å². The molecule has 2 aliphatic heterocycles. The van der Waals surface area contributed by atoms with Crippen LogP contribution in [-0.2, 0) is 47.2 Å². The summed E-state index contributed by atoms with van der Waals surface area (Å²) < 4.78 is 48.6. The number of esters is 3. The van der Waals surface area contributed by atoms with Gasteiger partial charge in [0.2, 0.25) is 5.60 Å². The highest BCUT2D eigenvalue weighted by atomic mass is 31.1. The molecule has 2 aromatic rings. The van der Waals surface area contributed by atoms with Crippen molar-refractivity contribution in [3.63, 3.8) is 0 Å². The van der Waals surface area contributed by atoms with E-state index in [1.54, 1.807) is 39.8 Å². The molecular weight excluding hydrogens is 623 g/mol. The summed E-state index contributed by atoms with van der Waals surface area (Å²) in [4.78, 5) is 42.4. The van der Waals surface area contributed by atoms with Crippen molar-refractivity contribution in [1.82, 2.24) is 19.7 Å². The molecule has 2 aliphatic rings. The number of nitriles is 1. The minimum Gasteiger partial charge on any atom is -0.464 e. The summed E-state index contributed by atoms with van der Waals surface area (Å²) in [5.41, 5.74) is 4.65. The van der Waals surface area contributed by atoms with E-state index in [-0.39, 0.29) is 18.3 Å². The second-order valence-corrected chi connectivity index (χ2v) is 13.1. The molecule has 0 spiro atoms. The van der Waals surface area contributed by atoms with Crippen LogP contribution in [0.1, 0.15) is 59.3 Å². The molecular formula is C29H41N6O10P. The van der Waals surface area contributed by atoms with Gasteiger partial charge in [-0.1, -0.05) is 27.7 Å². The molecule has 17 heteroatoms. The van der Waals surface area contributed by atoms with Crippen molar-refractivity contribution in [2.75, 3.05) is 32.2 Å². The standard InChI is InChI=1S/C29H41N6O10P/c1-16(2)26(36)43-23-22(20-6-7-21-25(31)32-15-33-35(20)21)45-29(13-30,24(23)44-27(37)17(3)4)14-42-46(39)34-18(5)28(38)41-12-19-8-10-40-11-9-19/h6-7,15-19,22-24,46H,8-12,14H2,1-5H3,(H,34,39)(H2,31,32,33)/t18-,22-,23-,24-,29+/m0/s1. The van der Waals surface area contributed by atoms with Crippen LogP contribution in [0.3, 0.4) is 0 Å². The van der Waals surface area contributed by atoms with Gasteiger partial charge >= 0.3 is 17.9 Å². The summed E-state index contributed by atoms with van der Waals surface area (Å²) >= 11 is 0. The zero-order chi connectivity index (χ0) is 33.6. The molecule has 0 saturated carbocycles. The predicted octanol–water partition coefficient (Wildman–Crippen LogP) is 2.13. The number of hydrogen-bond acceptors (Lipinski definition) is 14. The first kappa shape index (κ1) is 35.2. The molecule has 4 heterocycles. The summed E-state index contributed by atoms with van der Waals surface area (Å²) in [6.07, 6.45) is -1.28. The fraction of sp³-hybridized carbons (Fsp3) is 0.655. The van der Waals surface area contributed by atoms with E-state index in [9.17, 15) is 24.2 Å². The average molecular weight is 665 g/mol. The Morgan fingerprint density at radius 2 is 1.80 bits per heavy atom. The van der Waals surface area contributed by atoms with Gasteiger partial charge in [0.05, 0.1) is 24.1 Å². The molecule has 2 saturated heterocycles. The molecule has 3 N–H and O–H groups in total. The Morgan fingerprint density at radius 3 is 2.46 bits per heavy atom. The lowest BCUT2D eigenvalue weighted by atomic mass is 9.95. The second-order valence-electron chi connectivity index (χ2n) is 11.9. The molecule has 2 fully saturated rings. The van der Waals surface area contributed by atoms with Gasteiger partial charge in [0.25, 0.3) is 8.18 Å². The number of nitrogens with one attached hydrogen (secondary N) is 1. The Bertz CT molecular complexity index is 1470. The van der Waals surface area contributed by atoms with Crippen LogP contribution in [0.2, 0.25) is 0 Å². The SMILES string of the molecule is CC(C)C(=O)O[C@H]1[C@H](c2ccc3c(N)ncnn23)O[C@](C#N)(CO[PH](=O)N[C@@H](C)C(=O)OCC2CCOCC2)[C@H]1OC(=O)C(C)C. The molecule has 0 bridgehead atoms. The molecule has 252 valence electrons. The summed E-state index contributed by atoms with van der Waals surface area (Å²) in [6.45, 7) is 8.66. The van der Waals surface area contributed by atoms with Gasteiger partial charge in [-0.15, -0.1) is 0 Å². The average Bonchev–Trinajstić information content (AvgIpc) is 3.59. The van der Waals surface area contributed by atoms with Crippen LogP contribution in [0, 0.1) is 29.1 Å². The van der Waals surface area contributed by atoms with Gasteiger partial charge < -0.3 is 33.9 Å². The maximum absolute atomic E-state index is 13.0. The molecule has 2 aromatic heterocycles. The number of carbonyl (C=O) groups excluding carboxylic acids is 3. The number of aromatic nitrogens is 3. The smallest absolute Gasteiger partial charge is 0.323 e. The number of nitrogens with zero attached hydrogens (tertiary/aromatic N) is 4. The molecule has 0 amide bonds. The van der Waals surface area contributed by atoms with Crippen LogP contribution in [0.15, 0.2) is 18.5 Å². The topological polar surface area (TPSA) is 216 Å². The number of nitrogen functional groups attached to an aromatic ring is 1. The van der Waals surface area contributed by atoms with E-state index in [0.717, 1.165) is 12.8 Å². The Labute approximate surface area is 267 Å². The number of nitrogens with two attached hydrogens (primary N) is 1. The first-order chi connectivity index (χ1) is 21.9. The molecule has 0 aliphatic carbocycles. The Kier molecular flexibility index (Phi) is 11.7. The van der Waals surface area contributed by atoms with Crippen molar-refractivity contribution >= 4 is 37.4 Å². The normalized spacial score (nSPS) is 24.9. The Hall–Kier alpha value is -3.61. The van der Waals surface area contributed by atoms with Gasteiger partial charge in [-0.3, -0.25) is 18.9 Å². The van der Waals surface area contributed by atoms with Crippen LogP contribution in [0.25, 0.3) is 5.52 Å². The highest BCUT2D eigenvalue weighted by Crippen LogP contribution is 2.45. The first-order valence-electron chi connectivity index (χ1n) is 15.1. The fourth-order valence-corrected chi connectivity index (χ4v) is 5.85. The third-order valence-corrected chi connectivity index (χ3v) is 8.81. The van der Waals surface area contributed by atoms with Crippen molar-refractivity contribution in [2.24, 2.45) is 17.8 Å². The van der Waals surface area contributed by atoms with Crippen molar-refractivity contribution in [3.05, 3.63) is 24.2 Å². The van der Waals surface area contributed by atoms with E-state index in [1.807, 2.05) is 6.07 Å². The molecule has 46 heavy (non-hydrogen) atoms. The summed E-state index contributed by atoms with van der Waals surface area (Å²) in [5.74, 6) is -2.80. The molecule has 0 aromatic carbocycles. The molecule has 4 rings (SSSR count). The minimum atomic E-state index is -3.18. The van der Waals surface area contributed by atoms with Crippen molar-refractivity contribution < 1.29 is 47.2 Å². The van der Waals surface area contributed by atoms with Crippen LogP contribution >= 0.6 is 8.18 Å². The maximum atomic E-state index is 13.0. The highest BCUT2D eigenvalue weighted by Gasteiger charge is 2.62. The number of carbonyl (C=O) groups is 3. The lowest BCUT2D eigenvalue weighted by molar-refractivity contribution is -0.173. The van der Waals surface area contributed by atoms with E-state index in [1.165, 1.54) is 17.8 Å². The largest absolute Gasteiger partial charge is 0.464 e. The van der Waals surface area contributed by atoms with Crippen molar-refractivity contribution in [2.45, 2.75) is 77.4 Å². The Balaban J connectivity index is 1.58. The Morgan fingerprint density at radius 1 is 1.13 bits per heavy atom. The maximum Gasteiger partial charge on any atom is 0.323 e. The van der Waals surface area contributed by atoms with Gasteiger partial charge in [0, 0.05) is 13.2 Å². The lowest BCUT2D eigenvalue weighted by Crippen LogP contribution is -2.50.